The number of hydrazine groups is 1. The van der Waals surface area contributed by atoms with E-state index < -0.39 is 0 Å². The first kappa shape index (κ1) is 9.74. The maximum Gasteiger partial charge on any atom is 0.173 e. The average molecular weight is 163 g/mol. The average Bonchev–Trinajstić information content (AvgIpc) is 1.89. The second-order valence-corrected chi connectivity index (χ2v) is 2.48. The minimum Gasteiger partial charge on any atom is -0.394 e. The standard InChI is InChI=1S/C5H13N3OS/c1-8(6)5(10-2)7-3-4-9/h9H,3-4,6H2,1-2H3. The number of amidine groups is 1. The van der Waals surface area contributed by atoms with Crippen molar-refractivity contribution in [3.05, 3.63) is 0 Å². The molecule has 0 heterocycles. The summed E-state index contributed by atoms with van der Waals surface area (Å²) < 4.78 is 0. The zero-order valence-corrected chi connectivity index (χ0v) is 7.06. The lowest BCUT2D eigenvalue weighted by atomic mass is 10.7. The number of aliphatic hydroxyl groups excluding tert-OH is 1. The molecule has 0 aliphatic rings. The Morgan fingerprint density at radius 2 is 2.40 bits per heavy atom. The highest BCUT2D eigenvalue weighted by molar-refractivity contribution is 8.13. The molecule has 0 atom stereocenters. The minimum atomic E-state index is 0.0674. The van der Waals surface area contributed by atoms with Crippen LogP contribution in [0.4, 0.5) is 0 Å². The Morgan fingerprint density at radius 3 is 2.70 bits per heavy atom. The Kier molecular flexibility index (Phi) is 5.38. The van der Waals surface area contributed by atoms with E-state index in [-0.39, 0.29) is 6.61 Å². The van der Waals surface area contributed by atoms with Gasteiger partial charge in [-0.15, -0.1) is 0 Å². The Bertz CT molecular complexity index is 115. The number of nitrogens with two attached hydrogens (primary N) is 1. The van der Waals surface area contributed by atoms with Gasteiger partial charge in [-0.2, -0.15) is 0 Å². The maximum atomic E-state index is 8.42. The van der Waals surface area contributed by atoms with Gasteiger partial charge in [-0.1, -0.05) is 11.8 Å². The Balaban J connectivity index is 3.79. The fraction of sp³-hybridized carbons (Fsp3) is 0.800. The van der Waals surface area contributed by atoms with Gasteiger partial charge in [0.2, 0.25) is 0 Å². The molecule has 60 valence electrons. The van der Waals surface area contributed by atoms with Gasteiger partial charge < -0.3 is 5.11 Å². The van der Waals surface area contributed by atoms with Gasteiger partial charge in [0.15, 0.2) is 5.17 Å². The van der Waals surface area contributed by atoms with Crippen LogP contribution >= 0.6 is 11.8 Å². The largest absolute Gasteiger partial charge is 0.394 e. The van der Waals surface area contributed by atoms with E-state index in [1.54, 1.807) is 7.05 Å². The molecule has 10 heavy (non-hydrogen) atoms. The molecular weight excluding hydrogens is 150 g/mol. The van der Waals surface area contributed by atoms with E-state index in [4.69, 9.17) is 10.9 Å². The minimum absolute atomic E-state index is 0.0674. The van der Waals surface area contributed by atoms with Crippen molar-refractivity contribution in [2.75, 3.05) is 26.5 Å². The van der Waals surface area contributed by atoms with Gasteiger partial charge in [0.1, 0.15) is 0 Å². The molecule has 0 aliphatic heterocycles. The molecule has 0 bridgehead atoms. The summed E-state index contributed by atoms with van der Waals surface area (Å²) in [5, 5.41) is 10.6. The number of aliphatic hydroxyl groups is 1. The SMILES string of the molecule is CSC(=NCCO)N(C)N. The smallest absolute Gasteiger partial charge is 0.173 e. The van der Waals surface area contributed by atoms with Crippen LogP contribution in [-0.2, 0) is 0 Å². The van der Waals surface area contributed by atoms with Crippen molar-refractivity contribution in [2.24, 2.45) is 10.8 Å². The molecule has 0 saturated heterocycles. The van der Waals surface area contributed by atoms with Crippen molar-refractivity contribution in [3.63, 3.8) is 0 Å². The van der Waals surface area contributed by atoms with Gasteiger partial charge >= 0.3 is 0 Å². The third kappa shape index (κ3) is 3.71. The van der Waals surface area contributed by atoms with Crippen molar-refractivity contribution in [3.8, 4) is 0 Å². The van der Waals surface area contributed by atoms with Gasteiger partial charge in [-0.05, 0) is 6.26 Å². The van der Waals surface area contributed by atoms with E-state index in [1.807, 2.05) is 6.26 Å². The van der Waals surface area contributed by atoms with Crippen LogP contribution in [0.3, 0.4) is 0 Å². The van der Waals surface area contributed by atoms with Crippen LogP contribution in [0.1, 0.15) is 0 Å². The van der Waals surface area contributed by atoms with Crippen LogP contribution in [0.15, 0.2) is 4.99 Å². The molecule has 0 spiro atoms. The third-order valence-corrected chi connectivity index (χ3v) is 1.61. The first-order valence-corrected chi connectivity index (χ1v) is 4.12. The Labute approximate surface area is 65.1 Å². The summed E-state index contributed by atoms with van der Waals surface area (Å²) in [5.41, 5.74) is 0. The Morgan fingerprint density at radius 1 is 1.80 bits per heavy atom. The number of hydrogen-bond acceptors (Lipinski definition) is 4. The molecule has 0 aromatic heterocycles. The first-order valence-electron chi connectivity index (χ1n) is 2.90. The molecule has 0 aromatic rings. The van der Waals surface area contributed by atoms with E-state index >= 15 is 0 Å². The predicted molar refractivity (Wildman–Crippen MR) is 44.9 cm³/mol. The molecule has 3 N–H and O–H groups in total. The monoisotopic (exact) mass is 163 g/mol. The lowest BCUT2D eigenvalue weighted by Crippen LogP contribution is -2.31. The quantitative estimate of drug-likeness (QED) is 0.249. The molecule has 0 amide bonds. The van der Waals surface area contributed by atoms with Crippen molar-refractivity contribution < 1.29 is 5.11 Å². The number of aliphatic imine (C=N–C) groups is 1. The summed E-state index contributed by atoms with van der Waals surface area (Å²) in [6.07, 6.45) is 1.89. The highest BCUT2D eigenvalue weighted by atomic mass is 32.2. The molecular formula is C5H13N3OS. The summed E-state index contributed by atoms with van der Waals surface area (Å²) in [7, 11) is 1.71. The lowest BCUT2D eigenvalue weighted by molar-refractivity contribution is 0.306. The fourth-order valence-electron chi connectivity index (χ4n) is 0.466. The molecule has 0 aliphatic carbocycles. The van der Waals surface area contributed by atoms with Gasteiger partial charge in [-0.3, -0.25) is 10.0 Å². The van der Waals surface area contributed by atoms with Crippen molar-refractivity contribution in [1.82, 2.24) is 5.01 Å². The molecule has 0 radical (unpaired) electrons. The zero-order chi connectivity index (χ0) is 7.98. The molecule has 5 heteroatoms. The van der Waals surface area contributed by atoms with Crippen LogP contribution in [0.5, 0.6) is 0 Å². The summed E-state index contributed by atoms with van der Waals surface area (Å²) >= 11 is 1.46. The number of nitrogens with zero attached hydrogens (tertiary/aromatic N) is 2. The topological polar surface area (TPSA) is 61.9 Å². The van der Waals surface area contributed by atoms with E-state index in [2.05, 4.69) is 4.99 Å². The van der Waals surface area contributed by atoms with Crippen LogP contribution in [-0.4, -0.2) is 41.7 Å². The van der Waals surface area contributed by atoms with Crippen LogP contribution in [0.25, 0.3) is 0 Å². The van der Waals surface area contributed by atoms with Gasteiger partial charge in [0.05, 0.1) is 13.2 Å². The highest BCUT2D eigenvalue weighted by Gasteiger charge is 1.96. The molecule has 0 unspecified atom stereocenters. The number of rotatable bonds is 2. The predicted octanol–water partition coefficient (Wildman–Crippen LogP) is -0.497. The third-order valence-electron chi connectivity index (χ3n) is 0.831. The molecule has 0 aromatic carbocycles. The van der Waals surface area contributed by atoms with Gasteiger partial charge in [0, 0.05) is 7.05 Å². The molecule has 0 rings (SSSR count). The fourth-order valence-corrected chi connectivity index (χ4v) is 0.974. The summed E-state index contributed by atoms with van der Waals surface area (Å²) in [5.74, 6) is 5.39. The van der Waals surface area contributed by atoms with Crippen LogP contribution < -0.4 is 5.84 Å². The van der Waals surface area contributed by atoms with Gasteiger partial charge in [-0.25, -0.2) is 5.84 Å². The Hall–Kier alpha value is -0.260. The highest BCUT2D eigenvalue weighted by Crippen LogP contribution is 1.98. The lowest BCUT2D eigenvalue weighted by Gasteiger charge is -2.11. The molecule has 4 nitrogen and oxygen atoms in total. The zero-order valence-electron chi connectivity index (χ0n) is 6.24. The summed E-state index contributed by atoms with van der Waals surface area (Å²) in [6.45, 7) is 0.482. The first-order chi connectivity index (χ1) is 4.72. The maximum absolute atomic E-state index is 8.42. The van der Waals surface area contributed by atoms with E-state index in [1.165, 1.54) is 16.8 Å². The van der Waals surface area contributed by atoms with Crippen LogP contribution in [0, 0.1) is 0 Å². The van der Waals surface area contributed by atoms with Gasteiger partial charge in [0.25, 0.3) is 0 Å². The molecule has 0 fully saturated rings. The second kappa shape index (κ2) is 5.52. The number of thioether (sulfide) groups is 1. The van der Waals surface area contributed by atoms with Crippen molar-refractivity contribution in [2.45, 2.75) is 0 Å². The summed E-state index contributed by atoms with van der Waals surface area (Å²) in [6, 6.07) is 0. The second-order valence-electron chi connectivity index (χ2n) is 1.70. The molecule has 0 saturated carbocycles. The van der Waals surface area contributed by atoms with Crippen molar-refractivity contribution in [1.29, 1.82) is 0 Å². The van der Waals surface area contributed by atoms with E-state index in [0.717, 1.165) is 5.17 Å². The summed E-state index contributed by atoms with van der Waals surface area (Å²) in [4.78, 5) is 3.99. The number of hydrogen-bond donors (Lipinski definition) is 2. The normalized spacial score (nSPS) is 11.8. The van der Waals surface area contributed by atoms with E-state index in [9.17, 15) is 0 Å². The van der Waals surface area contributed by atoms with Crippen molar-refractivity contribution >= 4 is 16.9 Å². The van der Waals surface area contributed by atoms with E-state index in [0.29, 0.717) is 6.54 Å². The van der Waals surface area contributed by atoms with Crippen LogP contribution in [0.2, 0.25) is 0 Å².